The van der Waals surface area contributed by atoms with Gasteiger partial charge in [0.25, 0.3) is 0 Å². The predicted octanol–water partition coefficient (Wildman–Crippen LogP) is 1.42. The Morgan fingerprint density at radius 2 is 2.18 bits per heavy atom. The van der Waals surface area contributed by atoms with E-state index >= 15 is 0 Å². The summed E-state index contributed by atoms with van der Waals surface area (Å²) < 4.78 is 13.2. The Bertz CT molecular complexity index is 460. The van der Waals surface area contributed by atoms with Gasteiger partial charge in [0.05, 0.1) is 18.3 Å². The first kappa shape index (κ1) is 13.2. The molecule has 0 radical (unpaired) electrons. The molecule has 17 heavy (non-hydrogen) atoms. The maximum atomic E-state index is 13.2. The molecule has 6 nitrogen and oxygen atoms in total. The Hall–Kier alpha value is -1.82. The lowest BCUT2D eigenvalue weighted by Gasteiger charge is -2.18. The summed E-state index contributed by atoms with van der Waals surface area (Å²) in [5.74, 6) is -0.666. The smallest absolute Gasteiger partial charge is 0.146 e. The lowest BCUT2D eigenvalue weighted by molar-refractivity contribution is 0.0239. The molecule has 0 amide bonds. The SMILES string of the molecule is Cc1cc(N)c(F)cc1C(O)C(O)CN=[N+]=[N-]. The van der Waals surface area contributed by atoms with Gasteiger partial charge in [-0.05, 0) is 35.7 Å². The molecule has 1 rings (SSSR count). The molecule has 2 unspecified atom stereocenters. The van der Waals surface area contributed by atoms with Crippen LogP contribution in [-0.4, -0.2) is 22.9 Å². The van der Waals surface area contributed by atoms with Crippen LogP contribution in [0.4, 0.5) is 10.1 Å². The number of nitrogens with two attached hydrogens (primary N) is 1. The minimum Gasteiger partial charge on any atom is -0.396 e. The van der Waals surface area contributed by atoms with E-state index in [0.717, 1.165) is 6.07 Å². The number of benzene rings is 1. The number of aliphatic hydroxyl groups excluding tert-OH is 2. The van der Waals surface area contributed by atoms with Crippen molar-refractivity contribution in [3.63, 3.8) is 0 Å². The van der Waals surface area contributed by atoms with Crippen LogP contribution in [0.3, 0.4) is 0 Å². The van der Waals surface area contributed by atoms with Crippen LogP contribution in [0.2, 0.25) is 0 Å². The van der Waals surface area contributed by atoms with Gasteiger partial charge in [-0.3, -0.25) is 0 Å². The number of aryl methyl sites for hydroxylation is 1. The summed E-state index contributed by atoms with van der Waals surface area (Å²) in [4.78, 5) is 2.47. The first-order valence-corrected chi connectivity index (χ1v) is 4.90. The van der Waals surface area contributed by atoms with Gasteiger partial charge in [-0.2, -0.15) is 0 Å². The number of hydrogen-bond donors (Lipinski definition) is 3. The van der Waals surface area contributed by atoms with E-state index in [1.807, 2.05) is 0 Å². The number of aliphatic hydroxyl groups is 2. The molecule has 2 atom stereocenters. The first-order chi connectivity index (χ1) is 7.97. The van der Waals surface area contributed by atoms with Gasteiger partial charge in [0, 0.05) is 4.91 Å². The molecule has 0 saturated carbocycles. The fourth-order valence-corrected chi connectivity index (χ4v) is 1.47. The molecule has 0 aliphatic rings. The van der Waals surface area contributed by atoms with E-state index in [1.54, 1.807) is 6.92 Å². The molecule has 0 aliphatic heterocycles. The summed E-state index contributed by atoms with van der Waals surface area (Å²) in [7, 11) is 0. The second kappa shape index (κ2) is 5.49. The van der Waals surface area contributed by atoms with Crippen molar-refractivity contribution in [2.45, 2.75) is 19.1 Å². The van der Waals surface area contributed by atoms with Crippen LogP contribution in [-0.2, 0) is 0 Å². The van der Waals surface area contributed by atoms with Crippen molar-refractivity contribution < 1.29 is 14.6 Å². The van der Waals surface area contributed by atoms with Gasteiger partial charge in [0.2, 0.25) is 0 Å². The van der Waals surface area contributed by atoms with Crippen molar-refractivity contribution in [2.24, 2.45) is 5.11 Å². The number of halogens is 1. The van der Waals surface area contributed by atoms with Crippen LogP contribution in [0.25, 0.3) is 10.4 Å². The molecule has 4 N–H and O–H groups in total. The minimum atomic E-state index is -1.32. The number of nitrogen functional groups attached to an aromatic ring is 1. The first-order valence-electron chi connectivity index (χ1n) is 4.90. The summed E-state index contributed by atoms with van der Waals surface area (Å²) in [6, 6.07) is 2.43. The highest BCUT2D eigenvalue weighted by Crippen LogP contribution is 2.25. The lowest BCUT2D eigenvalue weighted by atomic mass is 9.98. The second-order valence-electron chi connectivity index (χ2n) is 3.66. The molecule has 0 fully saturated rings. The topological polar surface area (TPSA) is 115 Å². The van der Waals surface area contributed by atoms with E-state index in [-0.39, 0.29) is 17.8 Å². The Labute approximate surface area is 97.1 Å². The molecular formula is C10H13FN4O2. The second-order valence-corrected chi connectivity index (χ2v) is 3.66. The summed E-state index contributed by atoms with van der Waals surface area (Å²) in [5.41, 5.74) is 14.2. The normalized spacial score (nSPS) is 13.9. The summed E-state index contributed by atoms with van der Waals surface area (Å²) in [5, 5.41) is 22.4. The average molecular weight is 240 g/mol. The van der Waals surface area contributed by atoms with Crippen molar-refractivity contribution in [1.82, 2.24) is 0 Å². The Kier molecular flexibility index (Phi) is 4.28. The van der Waals surface area contributed by atoms with Gasteiger partial charge in [0.1, 0.15) is 11.9 Å². The highest BCUT2D eigenvalue weighted by Gasteiger charge is 2.20. The largest absolute Gasteiger partial charge is 0.396 e. The summed E-state index contributed by atoms with van der Waals surface area (Å²) in [6.45, 7) is 1.34. The predicted molar refractivity (Wildman–Crippen MR) is 60.5 cm³/mol. The molecule has 7 heteroatoms. The van der Waals surface area contributed by atoms with E-state index in [2.05, 4.69) is 10.0 Å². The molecule has 1 aromatic rings. The quantitative estimate of drug-likeness (QED) is 0.320. The fraction of sp³-hybridized carbons (Fsp3) is 0.400. The maximum Gasteiger partial charge on any atom is 0.146 e. The van der Waals surface area contributed by atoms with Crippen molar-refractivity contribution in [2.75, 3.05) is 12.3 Å². The Balaban J connectivity index is 2.99. The molecule has 0 aromatic heterocycles. The molecule has 0 bridgehead atoms. The number of rotatable bonds is 4. The Morgan fingerprint density at radius 1 is 1.53 bits per heavy atom. The van der Waals surface area contributed by atoms with Gasteiger partial charge in [-0.25, -0.2) is 4.39 Å². The monoisotopic (exact) mass is 240 g/mol. The van der Waals surface area contributed by atoms with Crippen LogP contribution >= 0.6 is 0 Å². The van der Waals surface area contributed by atoms with Crippen molar-refractivity contribution in [1.29, 1.82) is 0 Å². The fourth-order valence-electron chi connectivity index (χ4n) is 1.47. The van der Waals surface area contributed by atoms with E-state index in [4.69, 9.17) is 11.3 Å². The van der Waals surface area contributed by atoms with Crippen LogP contribution in [0.5, 0.6) is 0 Å². The number of anilines is 1. The number of azide groups is 1. The number of nitrogens with zero attached hydrogens (tertiary/aromatic N) is 3. The van der Waals surface area contributed by atoms with E-state index in [9.17, 15) is 14.6 Å². The zero-order chi connectivity index (χ0) is 13.0. The van der Waals surface area contributed by atoms with Gasteiger partial charge in [-0.15, -0.1) is 0 Å². The maximum absolute atomic E-state index is 13.2. The van der Waals surface area contributed by atoms with Crippen LogP contribution in [0, 0.1) is 12.7 Å². The van der Waals surface area contributed by atoms with Crippen LogP contribution in [0.1, 0.15) is 17.2 Å². The third kappa shape index (κ3) is 3.07. The van der Waals surface area contributed by atoms with Crippen molar-refractivity contribution in [3.05, 3.63) is 39.5 Å². The van der Waals surface area contributed by atoms with E-state index < -0.39 is 18.0 Å². The zero-order valence-electron chi connectivity index (χ0n) is 9.21. The highest BCUT2D eigenvalue weighted by atomic mass is 19.1. The van der Waals surface area contributed by atoms with Gasteiger partial charge in [-0.1, -0.05) is 5.11 Å². The lowest BCUT2D eigenvalue weighted by Crippen LogP contribution is -2.22. The molecule has 0 aliphatic carbocycles. The van der Waals surface area contributed by atoms with Gasteiger partial charge < -0.3 is 15.9 Å². The molecule has 1 aromatic carbocycles. The van der Waals surface area contributed by atoms with Crippen LogP contribution < -0.4 is 5.73 Å². The molecule has 0 spiro atoms. The Morgan fingerprint density at radius 3 is 2.76 bits per heavy atom. The van der Waals surface area contributed by atoms with E-state index in [1.165, 1.54) is 6.07 Å². The molecule has 0 saturated heterocycles. The summed E-state index contributed by atoms with van der Waals surface area (Å²) >= 11 is 0. The summed E-state index contributed by atoms with van der Waals surface area (Å²) in [6.07, 6.45) is -2.61. The third-order valence-electron chi connectivity index (χ3n) is 2.40. The standard InChI is InChI=1S/C10H13FN4O2/c1-5-2-8(12)7(11)3-6(5)10(17)9(16)4-14-15-13/h2-3,9-10,16-17H,4,12H2,1H3. The van der Waals surface area contributed by atoms with Crippen LogP contribution in [0.15, 0.2) is 17.2 Å². The molecular weight excluding hydrogens is 227 g/mol. The van der Waals surface area contributed by atoms with Gasteiger partial charge >= 0.3 is 0 Å². The van der Waals surface area contributed by atoms with Crippen molar-refractivity contribution in [3.8, 4) is 0 Å². The van der Waals surface area contributed by atoms with E-state index in [0.29, 0.717) is 5.56 Å². The van der Waals surface area contributed by atoms with Crippen molar-refractivity contribution >= 4 is 5.69 Å². The number of hydrogen-bond acceptors (Lipinski definition) is 4. The third-order valence-corrected chi connectivity index (χ3v) is 2.40. The van der Waals surface area contributed by atoms with Gasteiger partial charge in [0.15, 0.2) is 0 Å². The highest BCUT2D eigenvalue weighted by molar-refractivity contribution is 5.46. The zero-order valence-corrected chi connectivity index (χ0v) is 9.21. The average Bonchev–Trinajstić information content (AvgIpc) is 2.29. The minimum absolute atomic E-state index is 0.0250. The molecule has 0 heterocycles. The molecule has 92 valence electrons.